The van der Waals surface area contributed by atoms with Crippen LogP contribution in [0.1, 0.15) is 30.6 Å². The molecular weight excluding hydrogens is 505 g/mol. The molecule has 0 amide bonds. The van der Waals surface area contributed by atoms with Crippen molar-refractivity contribution in [3.8, 4) is 11.5 Å². The predicted molar refractivity (Wildman–Crippen MR) is 144 cm³/mol. The van der Waals surface area contributed by atoms with Crippen LogP contribution in [0.3, 0.4) is 0 Å². The van der Waals surface area contributed by atoms with Gasteiger partial charge in [0.25, 0.3) is 0 Å². The first kappa shape index (κ1) is 28.4. The molecule has 4 heterocycles. The molecule has 2 aromatic rings. The van der Waals surface area contributed by atoms with Crippen molar-refractivity contribution in [2.24, 2.45) is 11.8 Å². The number of likely N-dealkylation sites (N-methyl/N-ethyl adjacent to an activating group) is 1. The van der Waals surface area contributed by atoms with E-state index in [-0.39, 0.29) is 54.8 Å². The molecule has 1 aromatic heterocycles. The van der Waals surface area contributed by atoms with E-state index >= 15 is 0 Å². The summed E-state index contributed by atoms with van der Waals surface area (Å²) in [5.41, 5.74) is 4.32. The lowest BCUT2D eigenvalue weighted by Gasteiger charge is -2.49. The van der Waals surface area contributed by atoms with Crippen LogP contribution in [0.4, 0.5) is 0 Å². The Morgan fingerprint density at radius 3 is 2.61 bits per heavy atom. The Kier molecular flexibility index (Phi) is 9.09. The lowest BCUT2D eigenvalue weighted by Crippen LogP contribution is -2.51. The van der Waals surface area contributed by atoms with Crippen LogP contribution in [0.2, 0.25) is 0 Å². The lowest BCUT2D eigenvalue weighted by atomic mass is 9.72. The maximum absolute atomic E-state index is 13.0. The molecular formula is C26H37Cl2N3O5. The second kappa shape index (κ2) is 11.5. The number of aromatic nitrogens is 1. The number of aromatic amines is 1. The molecule has 4 atom stereocenters. The Balaban J connectivity index is 0.00000180. The Bertz CT molecular complexity index is 1120. The van der Waals surface area contributed by atoms with E-state index in [1.165, 1.54) is 16.6 Å². The van der Waals surface area contributed by atoms with Gasteiger partial charge in [0.1, 0.15) is 6.61 Å². The fourth-order valence-electron chi connectivity index (χ4n) is 5.85. The number of rotatable bonds is 6. The molecule has 1 N–H and O–H groups in total. The second-order valence-electron chi connectivity index (χ2n) is 9.89. The summed E-state index contributed by atoms with van der Waals surface area (Å²) in [5, 5.41) is 1.19. The van der Waals surface area contributed by atoms with Crippen molar-refractivity contribution in [3.63, 3.8) is 0 Å². The Labute approximate surface area is 225 Å². The van der Waals surface area contributed by atoms with E-state index in [0.29, 0.717) is 18.7 Å². The van der Waals surface area contributed by atoms with E-state index in [1.54, 1.807) is 20.5 Å². The third-order valence-corrected chi connectivity index (χ3v) is 7.73. The molecule has 4 unspecified atom stereocenters. The molecule has 3 aliphatic rings. The summed E-state index contributed by atoms with van der Waals surface area (Å²) in [6.45, 7) is 5.08. The molecule has 1 saturated heterocycles. The van der Waals surface area contributed by atoms with Crippen LogP contribution in [0.25, 0.3) is 10.9 Å². The summed E-state index contributed by atoms with van der Waals surface area (Å²) in [6.07, 6.45) is 3.57. The van der Waals surface area contributed by atoms with Crippen LogP contribution in [0.5, 0.6) is 11.5 Å². The Morgan fingerprint density at radius 2 is 1.92 bits per heavy atom. The van der Waals surface area contributed by atoms with Gasteiger partial charge < -0.3 is 28.8 Å². The average Bonchev–Trinajstić information content (AvgIpc) is 3.20. The summed E-state index contributed by atoms with van der Waals surface area (Å²) in [6, 6.07) is 4.32. The number of benzene rings is 1. The second-order valence-corrected chi connectivity index (χ2v) is 9.89. The summed E-state index contributed by atoms with van der Waals surface area (Å²) < 4.78 is 22.6. The van der Waals surface area contributed by atoms with Gasteiger partial charge in [-0.05, 0) is 45.5 Å². The summed E-state index contributed by atoms with van der Waals surface area (Å²) in [4.78, 5) is 21.2. The van der Waals surface area contributed by atoms with Crippen molar-refractivity contribution in [2.45, 2.75) is 31.9 Å². The highest BCUT2D eigenvalue weighted by Gasteiger charge is 2.47. The number of H-pyrrole nitrogens is 1. The molecule has 200 valence electrons. The molecule has 1 fully saturated rings. The lowest BCUT2D eigenvalue weighted by molar-refractivity contribution is -0.142. The minimum atomic E-state index is -0.251. The molecule has 0 radical (unpaired) electrons. The molecule has 5 rings (SSSR count). The summed E-state index contributed by atoms with van der Waals surface area (Å²) in [5.74, 6) is 1.59. The highest BCUT2D eigenvalue weighted by Crippen LogP contribution is 2.48. The standard InChI is InChI=1S/C26H35N3O5.2ClH/c1-15-19-13-29-7-6-16-18-11-23(31-4)24(32-5)12-21(18)27-25(16)22(29)10-17(19)20(14-34-15)26(30)33-9-8-28(2)3;;/h11-12,14-15,17,19,22,27H,6-10,13H2,1-5H3;2*1H. The van der Waals surface area contributed by atoms with Gasteiger partial charge in [0.15, 0.2) is 11.5 Å². The van der Waals surface area contributed by atoms with Crippen LogP contribution in [0, 0.1) is 11.8 Å². The summed E-state index contributed by atoms with van der Waals surface area (Å²) >= 11 is 0. The number of hydrogen-bond acceptors (Lipinski definition) is 7. The van der Waals surface area contributed by atoms with Gasteiger partial charge in [-0.2, -0.15) is 0 Å². The number of carbonyl (C=O) groups is 1. The van der Waals surface area contributed by atoms with Crippen molar-refractivity contribution in [2.75, 3.05) is 54.6 Å². The van der Waals surface area contributed by atoms with Crippen LogP contribution >= 0.6 is 24.8 Å². The molecule has 0 saturated carbocycles. The zero-order valence-electron chi connectivity index (χ0n) is 21.5. The van der Waals surface area contributed by atoms with E-state index in [4.69, 9.17) is 18.9 Å². The third kappa shape index (κ3) is 5.01. The summed E-state index contributed by atoms with van der Waals surface area (Å²) in [7, 11) is 7.27. The largest absolute Gasteiger partial charge is 0.497 e. The van der Waals surface area contributed by atoms with Gasteiger partial charge in [-0.3, -0.25) is 4.90 Å². The van der Waals surface area contributed by atoms with Gasteiger partial charge in [0.2, 0.25) is 0 Å². The molecule has 0 bridgehead atoms. The van der Waals surface area contributed by atoms with E-state index in [2.05, 4.69) is 22.9 Å². The SMILES string of the molecule is COc1cc2[nH]c3c(c2cc1OC)CCN1CC2C(C)OC=C(C(=O)OCCN(C)C)C2CC31.Cl.Cl. The minimum Gasteiger partial charge on any atom is -0.497 e. The quantitative estimate of drug-likeness (QED) is 0.554. The first-order chi connectivity index (χ1) is 16.4. The molecule has 8 nitrogen and oxygen atoms in total. The fraction of sp³-hybridized carbons (Fsp3) is 0.577. The van der Waals surface area contributed by atoms with Crippen LogP contribution < -0.4 is 9.47 Å². The molecule has 36 heavy (non-hydrogen) atoms. The van der Waals surface area contributed by atoms with Gasteiger partial charge in [-0.25, -0.2) is 4.79 Å². The molecule has 0 aliphatic carbocycles. The van der Waals surface area contributed by atoms with Gasteiger partial charge in [0, 0.05) is 54.1 Å². The highest BCUT2D eigenvalue weighted by atomic mass is 35.5. The molecule has 1 aromatic carbocycles. The number of nitrogens with zero attached hydrogens (tertiary/aromatic N) is 2. The maximum Gasteiger partial charge on any atom is 0.337 e. The Hall–Kier alpha value is -2.13. The van der Waals surface area contributed by atoms with Crippen molar-refractivity contribution in [1.29, 1.82) is 0 Å². The average molecular weight is 543 g/mol. The van der Waals surface area contributed by atoms with Gasteiger partial charge >= 0.3 is 5.97 Å². The van der Waals surface area contributed by atoms with Gasteiger partial charge in [0.05, 0.1) is 38.2 Å². The fourth-order valence-corrected chi connectivity index (χ4v) is 5.85. The number of nitrogens with one attached hydrogen (secondary N) is 1. The van der Waals surface area contributed by atoms with E-state index in [1.807, 2.05) is 25.1 Å². The number of fused-ring (bicyclic) bond motifs is 6. The number of piperidine rings is 1. The van der Waals surface area contributed by atoms with E-state index < -0.39 is 0 Å². The highest BCUT2D eigenvalue weighted by molar-refractivity contribution is 5.90. The monoisotopic (exact) mass is 541 g/mol. The van der Waals surface area contributed by atoms with Crippen molar-refractivity contribution >= 4 is 41.7 Å². The minimum absolute atomic E-state index is 0. The number of carbonyl (C=O) groups excluding carboxylic acids is 1. The van der Waals surface area contributed by atoms with Crippen molar-refractivity contribution < 1.29 is 23.7 Å². The zero-order chi connectivity index (χ0) is 24.0. The number of esters is 1. The van der Waals surface area contributed by atoms with E-state index in [9.17, 15) is 4.79 Å². The molecule has 3 aliphatic heterocycles. The number of methoxy groups -OCH3 is 2. The number of halogens is 2. The smallest absolute Gasteiger partial charge is 0.337 e. The van der Waals surface area contributed by atoms with Crippen LogP contribution in [-0.2, 0) is 20.7 Å². The van der Waals surface area contributed by atoms with Crippen molar-refractivity contribution in [1.82, 2.24) is 14.8 Å². The van der Waals surface area contributed by atoms with Gasteiger partial charge in [-0.1, -0.05) is 0 Å². The van der Waals surface area contributed by atoms with Crippen LogP contribution in [-0.4, -0.2) is 81.4 Å². The first-order valence-electron chi connectivity index (χ1n) is 12.1. The van der Waals surface area contributed by atoms with Gasteiger partial charge in [-0.15, -0.1) is 24.8 Å². The van der Waals surface area contributed by atoms with E-state index in [0.717, 1.165) is 42.9 Å². The molecule has 10 heteroatoms. The molecule has 0 spiro atoms. The number of ether oxygens (including phenoxy) is 4. The Morgan fingerprint density at radius 1 is 1.19 bits per heavy atom. The van der Waals surface area contributed by atoms with Crippen molar-refractivity contribution in [3.05, 3.63) is 35.2 Å². The zero-order valence-corrected chi connectivity index (χ0v) is 23.2. The maximum atomic E-state index is 13.0. The topological polar surface area (TPSA) is 76.3 Å². The van der Waals surface area contributed by atoms with Crippen LogP contribution in [0.15, 0.2) is 24.0 Å². The first-order valence-corrected chi connectivity index (χ1v) is 12.1. The number of hydrogen-bond donors (Lipinski definition) is 1. The third-order valence-electron chi connectivity index (χ3n) is 7.73. The predicted octanol–water partition coefficient (Wildman–Crippen LogP) is 3.97. The normalized spacial score (nSPS) is 24.8.